The van der Waals surface area contributed by atoms with Crippen molar-refractivity contribution in [3.63, 3.8) is 0 Å². The Morgan fingerprint density at radius 3 is 2.11 bits per heavy atom. The second kappa shape index (κ2) is 11.2. The summed E-state index contributed by atoms with van der Waals surface area (Å²) in [6.45, 7) is 0. The maximum absolute atomic E-state index is 10.7. The van der Waals surface area contributed by atoms with Crippen LogP contribution in [0.15, 0.2) is 107 Å². The zero-order valence-corrected chi connectivity index (χ0v) is 21.0. The summed E-state index contributed by atoms with van der Waals surface area (Å²) >= 11 is 12.2. The summed E-state index contributed by atoms with van der Waals surface area (Å²) in [6, 6.07) is 24.1. The minimum absolute atomic E-state index is 0.0591. The number of hydrogen-bond donors (Lipinski definition) is 2. The zero-order valence-electron chi connectivity index (χ0n) is 19.5. The first-order chi connectivity index (χ1) is 18.5. The van der Waals surface area contributed by atoms with Gasteiger partial charge in [0.1, 0.15) is 0 Å². The molecule has 0 spiro atoms. The summed E-state index contributed by atoms with van der Waals surface area (Å²) in [5.74, 6) is 0.484. The summed E-state index contributed by atoms with van der Waals surface area (Å²) < 4.78 is 10.6. The van der Waals surface area contributed by atoms with Gasteiger partial charge in [0.05, 0.1) is 10.7 Å². The monoisotopic (exact) mass is 544 g/mol. The summed E-state index contributed by atoms with van der Waals surface area (Å²) in [6.07, 6.45) is 4.33. The SMILES string of the molecule is Clc1ccc(-c2c[nH]c(-c3ncoc3-c3ccccc3)n2)c(Cl)c1.O=C(O)c1ncoc1-c1ccccc1. The highest BCUT2D eigenvalue weighted by Gasteiger charge is 2.18. The van der Waals surface area contributed by atoms with E-state index in [4.69, 9.17) is 37.1 Å². The van der Waals surface area contributed by atoms with Crippen LogP contribution in [0.3, 0.4) is 0 Å². The van der Waals surface area contributed by atoms with Crippen LogP contribution in [0.1, 0.15) is 10.5 Å². The minimum Gasteiger partial charge on any atom is -0.476 e. The summed E-state index contributed by atoms with van der Waals surface area (Å²) in [5, 5.41) is 9.92. The minimum atomic E-state index is -1.09. The number of carboxylic acid groups (broad SMARTS) is 1. The van der Waals surface area contributed by atoms with Gasteiger partial charge in [0, 0.05) is 27.9 Å². The number of nitrogens with zero attached hydrogens (tertiary/aromatic N) is 3. The first-order valence-corrected chi connectivity index (χ1v) is 12.0. The van der Waals surface area contributed by atoms with Crippen LogP contribution in [0, 0.1) is 0 Å². The number of aromatic carboxylic acids is 1. The largest absolute Gasteiger partial charge is 0.476 e. The Balaban J connectivity index is 0.000000179. The molecule has 0 amide bonds. The van der Waals surface area contributed by atoms with Crippen molar-refractivity contribution >= 4 is 29.2 Å². The number of H-pyrrole nitrogens is 1. The van der Waals surface area contributed by atoms with Gasteiger partial charge < -0.3 is 18.9 Å². The van der Waals surface area contributed by atoms with Gasteiger partial charge in [-0.25, -0.2) is 19.7 Å². The molecule has 6 rings (SSSR count). The van der Waals surface area contributed by atoms with Crippen molar-refractivity contribution in [1.29, 1.82) is 0 Å². The van der Waals surface area contributed by atoms with Gasteiger partial charge in [-0.1, -0.05) is 83.9 Å². The molecule has 38 heavy (non-hydrogen) atoms. The molecule has 8 nitrogen and oxygen atoms in total. The van der Waals surface area contributed by atoms with E-state index in [9.17, 15) is 4.79 Å². The highest BCUT2D eigenvalue weighted by Crippen LogP contribution is 2.33. The van der Waals surface area contributed by atoms with Crippen molar-refractivity contribution < 1.29 is 18.7 Å². The van der Waals surface area contributed by atoms with Crippen molar-refractivity contribution in [3.05, 3.63) is 114 Å². The van der Waals surface area contributed by atoms with Gasteiger partial charge in [0.2, 0.25) is 0 Å². The molecule has 6 aromatic rings. The summed E-state index contributed by atoms with van der Waals surface area (Å²) in [4.78, 5) is 26.4. The molecule has 3 aromatic heterocycles. The van der Waals surface area contributed by atoms with Crippen LogP contribution in [0.25, 0.3) is 45.4 Å². The smallest absolute Gasteiger partial charge is 0.358 e. The van der Waals surface area contributed by atoms with Crippen LogP contribution in [-0.4, -0.2) is 31.0 Å². The van der Waals surface area contributed by atoms with E-state index in [1.165, 1.54) is 6.39 Å². The molecule has 0 aliphatic carbocycles. The maximum atomic E-state index is 10.7. The number of imidazole rings is 1. The Labute approximate surface area is 226 Å². The zero-order chi connectivity index (χ0) is 26.5. The Kier molecular flexibility index (Phi) is 7.35. The lowest BCUT2D eigenvalue weighted by molar-refractivity contribution is 0.0691. The van der Waals surface area contributed by atoms with Gasteiger partial charge >= 0.3 is 5.97 Å². The second-order valence-corrected chi connectivity index (χ2v) is 8.70. The van der Waals surface area contributed by atoms with Crippen LogP contribution < -0.4 is 0 Å². The number of carboxylic acids is 1. The van der Waals surface area contributed by atoms with E-state index in [0.717, 1.165) is 17.5 Å². The second-order valence-electron chi connectivity index (χ2n) is 7.86. The molecule has 0 saturated heterocycles. The summed E-state index contributed by atoms with van der Waals surface area (Å²) in [7, 11) is 0. The highest BCUT2D eigenvalue weighted by atomic mass is 35.5. The first-order valence-electron chi connectivity index (χ1n) is 11.2. The molecule has 0 aliphatic heterocycles. The molecule has 0 fully saturated rings. The molecule has 3 heterocycles. The van der Waals surface area contributed by atoms with E-state index in [1.54, 1.807) is 30.5 Å². The van der Waals surface area contributed by atoms with Crippen LogP contribution in [0.5, 0.6) is 0 Å². The van der Waals surface area contributed by atoms with Crippen LogP contribution in [0.4, 0.5) is 0 Å². The lowest BCUT2D eigenvalue weighted by atomic mass is 10.1. The quantitative estimate of drug-likeness (QED) is 0.227. The Morgan fingerprint density at radius 2 is 1.45 bits per heavy atom. The average Bonchev–Trinajstić information content (AvgIpc) is 3.71. The number of benzene rings is 3. The lowest BCUT2D eigenvalue weighted by Crippen LogP contribution is -1.98. The first kappa shape index (κ1) is 25.0. The average molecular weight is 545 g/mol. The third-order valence-corrected chi connectivity index (χ3v) is 5.97. The van der Waals surface area contributed by atoms with Gasteiger partial charge in [-0.15, -0.1) is 0 Å². The Morgan fingerprint density at radius 1 is 0.816 bits per heavy atom. The van der Waals surface area contributed by atoms with E-state index in [2.05, 4.69) is 19.9 Å². The van der Waals surface area contributed by atoms with Crippen LogP contribution >= 0.6 is 23.2 Å². The fourth-order valence-corrected chi connectivity index (χ4v) is 4.19. The van der Waals surface area contributed by atoms with Crippen molar-refractivity contribution in [2.24, 2.45) is 0 Å². The fraction of sp³-hybridized carbons (Fsp3) is 0. The number of oxazole rings is 2. The predicted molar refractivity (Wildman–Crippen MR) is 144 cm³/mol. The van der Waals surface area contributed by atoms with E-state index >= 15 is 0 Å². The fourth-order valence-electron chi connectivity index (χ4n) is 3.68. The molecular formula is C28H18Cl2N4O4. The molecule has 0 atom stereocenters. The van der Waals surface area contributed by atoms with Gasteiger partial charge in [-0.05, 0) is 18.2 Å². The lowest BCUT2D eigenvalue weighted by Gasteiger charge is -2.01. The van der Waals surface area contributed by atoms with Gasteiger partial charge in [-0.3, -0.25) is 0 Å². The van der Waals surface area contributed by atoms with Crippen molar-refractivity contribution in [1.82, 2.24) is 19.9 Å². The Hall–Kier alpha value is -4.66. The molecule has 0 saturated carbocycles. The number of aromatic nitrogens is 4. The normalized spacial score (nSPS) is 10.6. The van der Waals surface area contributed by atoms with Crippen LogP contribution in [-0.2, 0) is 0 Å². The van der Waals surface area contributed by atoms with E-state index < -0.39 is 5.97 Å². The molecular weight excluding hydrogens is 527 g/mol. The molecule has 0 unspecified atom stereocenters. The third kappa shape index (κ3) is 5.36. The Bertz CT molecular complexity index is 1680. The number of aromatic amines is 1. The van der Waals surface area contributed by atoms with Gasteiger partial charge in [-0.2, -0.15) is 0 Å². The van der Waals surface area contributed by atoms with Crippen LogP contribution in [0.2, 0.25) is 10.0 Å². The number of hydrogen-bond acceptors (Lipinski definition) is 6. The highest BCUT2D eigenvalue weighted by molar-refractivity contribution is 6.36. The van der Waals surface area contributed by atoms with Crippen molar-refractivity contribution in [2.45, 2.75) is 0 Å². The third-order valence-electron chi connectivity index (χ3n) is 5.42. The number of nitrogens with one attached hydrogen (secondary N) is 1. The molecule has 10 heteroatoms. The molecule has 188 valence electrons. The molecule has 0 bridgehead atoms. The van der Waals surface area contributed by atoms with Crippen molar-refractivity contribution in [3.8, 4) is 45.4 Å². The van der Waals surface area contributed by atoms with Gasteiger partial charge in [0.15, 0.2) is 41.5 Å². The molecule has 2 N–H and O–H groups in total. The molecule has 0 radical (unpaired) electrons. The number of rotatable bonds is 5. The van der Waals surface area contributed by atoms with E-state index in [1.807, 2.05) is 54.6 Å². The maximum Gasteiger partial charge on any atom is 0.358 e. The molecule has 0 aliphatic rings. The molecule has 3 aromatic carbocycles. The van der Waals surface area contributed by atoms with Gasteiger partial charge in [0.25, 0.3) is 0 Å². The number of carbonyl (C=O) groups is 1. The van der Waals surface area contributed by atoms with E-state index in [-0.39, 0.29) is 11.5 Å². The standard InChI is InChI=1S/C18H11Cl2N3O.C10H7NO3/c19-12-6-7-13(14(20)8-12)15-9-21-18(23-15)16-17(24-10-22-16)11-4-2-1-3-5-11;12-10(13)8-9(14-6-11-8)7-4-2-1-3-5-7/h1-10H,(H,21,23);1-6H,(H,12,13). The van der Waals surface area contributed by atoms with Crippen molar-refractivity contribution in [2.75, 3.05) is 0 Å². The predicted octanol–water partition coefficient (Wildman–Crippen LogP) is 7.75. The number of halogens is 2. The van der Waals surface area contributed by atoms with E-state index in [0.29, 0.717) is 38.6 Å². The topological polar surface area (TPSA) is 118 Å². The summed E-state index contributed by atoms with van der Waals surface area (Å²) in [5.41, 5.74) is 3.76.